The zero-order valence-electron chi connectivity index (χ0n) is 16.7. The van der Waals surface area contributed by atoms with Crippen LogP contribution in [0.4, 0.5) is 5.69 Å². The van der Waals surface area contributed by atoms with Crippen LogP contribution in [0.3, 0.4) is 0 Å². The molecule has 0 unspecified atom stereocenters. The van der Waals surface area contributed by atoms with Gasteiger partial charge in [-0.1, -0.05) is 31.2 Å². The van der Waals surface area contributed by atoms with E-state index in [9.17, 15) is 15.4 Å². The molecule has 31 heavy (non-hydrogen) atoms. The van der Waals surface area contributed by atoms with E-state index in [-0.39, 0.29) is 23.0 Å². The molecular weight excluding hydrogens is 398 g/mol. The highest BCUT2D eigenvalue weighted by Crippen LogP contribution is 2.46. The smallest absolute Gasteiger partial charge is 0.270 e. The summed E-state index contributed by atoms with van der Waals surface area (Å²) in [7, 11) is 0. The minimum Gasteiger partial charge on any atom is -0.494 e. The molecule has 156 valence electrons. The van der Waals surface area contributed by atoms with Crippen LogP contribution < -0.4 is 15.2 Å². The highest BCUT2D eigenvalue weighted by molar-refractivity contribution is 5.72. The van der Waals surface area contributed by atoms with Crippen LogP contribution in [0.1, 0.15) is 30.4 Å². The van der Waals surface area contributed by atoms with Gasteiger partial charge in [0, 0.05) is 17.7 Å². The molecular formula is C22H19N5O4. The molecule has 0 aliphatic carbocycles. The number of nitro benzene ring substituents is 1. The predicted molar refractivity (Wildman–Crippen MR) is 112 cm³/mol. The molecule has 2 heterocycles. The molecule has 0 saturated heterocycles. The number of allylic oxidation sites excluding steroid dienone is 1. The first-order valence-electron chi connectivity index (χ1n) is 9.67. The van der Waals surface area contributed by atoms with E-state index in [1.807, 2.05) is 31.2 Å². The van der Waals surface area contributed by atoms with Crippen molar-refractivity contribution in [1.29, 1.82) is 5.26 Å². The maximum absolute atomic E-state index is 11.2. The minimum atomic E-state index is -0.554. The second kappa shape index (κ2) is 8.20. The number of nitriles is 1. The molecule has 0 radical (unpaired) electrons. The summed E-state index contributed by atoms with van der Waals surface area (Å²) >= 11 is 0. The third kappa shape index (κ3) is 3.67. The molecule has 2 aromatic carbocycles. The second-order valence-corrected chi connectivity index (χ2v) is 6.97. The fourth-order valence-corrected chi connectivity index (χ4v) is 3.55. The largest absolute Gasteiger partial charge is 0.494 e. The van der Waals surface area contributed by atoms with E-state index in [1.165, 1.54) is 12.1 Å². The van der Waals surface area contributed by atoms with Crippen molar-refractivity contribution in [3.05, 3.63) is 81.2 Å². The summed E-state index contributed by atoms with van der Waals surface area (Å²) in [5, 5.41) is 28.1. The Morgan fingerprint density at radius 2 is 2.10 bits per heavy atom. The van der Waals surface area contributed by atoms with Crippen LogP contribution in [0, 0.1) is 21.4 Å². The number of nitrogens with zero attached hydrogens (tertiary/aromatic N) is 3. The number of ether oxygens (including phenoxy) is 2. The van der Waals surface area contributed by atoms with Crippen molar-refractivity contribution in [3.63, 3.8) is 0 Å². The van der Waals surface area contributed by atoms with Gasteiger partial charge in [-0.3, -0.25) is 15.2 Å². The highest BCUT2D eigenvalue weighted by atomic mass is 16.6. The molecule has 9 nitrogen and oxygen atoms in total. The lowest BCUT2D eigenvalue weighted by Crippen LogP contribution is -2.21. The van der Waals surface area contributed by atoms with Crippen LogP contribution in [0.5, 0.6) is 11.6 Å². The summed E-state index contributed by atoms with van der Waals surface area (Å²) in [6.45, 7) is 2.63. The van der Waals surface area contributed by atoms with Gasteiger partial charge >= 0.3 is 0 Å². The summed E-state index contributed by atoms with van der Waals surface area (Å²) in [5.74, 6) is 0.374. The molecule has 0 bridgehead atoms. The fraction of sp³-hybridized carbons (Fsp3) is 0.182. The summed E-state index contributed by atoms with van der Waals surface area (Å²) in [6.07, 6.45) is 0.893. The second-order valence-electron chi connectivity index (χ2n) is 6.97. The zero-order chi connectivity index (χ0) is 22.0. The Morgan fingerprint density at radius 3 is 2.77 bits per heavy atom. The molecule has 9 heteroatoms. The van der Waals surface area contributed by atoms with Gasteiger partial charge in [0.25, 0.3) is 5.69 Å². The molecule has 3 aromatic rings. The molecule has 1 atom stereocenters. The molecule has 3 N–H and O–H groups in total. The van der Waals surface area contributed by atoms with Crippen LogP contribution in [0.2, 0.25) is 0 Å². The maximum Gasteiger partial charge on any atom is 0.270 e. The van der Waals surface area contributed by atoms with Crippen molar-refractivity contribution < 1.29 is 14.4 Å². The topological polar surface area (TPSA) is 140 Å². The third-order valence-electron chi connectivity index (χ3n) is 4.97. The third-order valence-corrected chi connectivity index (χ3v) is 4.97. The zero-order valence-corrected chi connectivity index (χ0v) is 16.7. The van der Waals surface area contributed by atoms with Crippen LogP contribution in [0.15, 0.2) is 60.0 Å². The van der Waals surface area contributed by atoms with Crippen molar-refractivity contribution in [1.82, 2.24) is 10.2 Å². The van der Waals surface area contributed by atoms with Gasteiger partial charge in [0.15, 0.2) is 0 Å². The molecule has 0 fully saturated rings. The number of benzene rings is 2. The van der Waals surface area contributed by atoms with Gasteiger partial charge in [0.1, 0.15) is 17.4 Å². The van der Waals surface area contributed by atoms with Crippen molar-refractivity contribution >= 4 is 5.69 Å². The average molecular weight is 417 g/mol. The summed E-state index contributed by atoms with van der Waals surface area (Å²) < 4.78 is 11.2. The van der Waals surface area contributed by atoms with E-state index in [4.69, 9.17) is 15.2 Å². The van der Waals surface area contributed by atoms with Gasteiger partial charge in [0.2, 0.25) is 11.8 Å². The Balaban J connectivity index is 1.83. The first kappa shape index (κ1) is 20.0. The van der Waals surface area contributed by atoms with Crippen molar-refractivity contribution in [3.8, 4) is 29.0 Å². The summed E-state index contributed by atoms with van der Waals surface area (Å²) in [6, 6.07) is 15.7. The van der Waals surface area contributed by atoms with E-state index in [1.54, 1.807) is 12.1 Å². The van der Waals surface area contributed by atoms with E-state index in [0.717, 1.165) is 17.7 Å². The number of H-pyrrole nitrogens is 1. The number of nitrogens with one attached hydrogen (secondary N) is 1. The van der Waals surface area contributed by atoms with Gasteiger partial charge in [-0.05, 0) is 24.1 Å². The van der Waals surface area contributed by atoms with Gasteiger partial charge in [0.05, 0.1) is 28.7 Å². The Hall–Kier alpha value is -4.32. The first-order chi connectivity index (χ1) is 15.0. The van der Waals surface area contributed by atoms with Gasteiger partial charge in [-0.25, -0.2) is 0 Å². The van der Waals surface area contributed by atoms with Crippen molar-refractivity contribution in [2.45, 2.75) is 19.3 Å². The van der Waals surface area contributed by atoms with Crippen molar-refractivity contribution in [2.75, 3.05) is 6.61 Å². The number of nitrogens with two attached hydrogens (primary N) is 1. The first-order valence-corrected chi connectivity index (χ1v) is 9.67. The van der Waals surface area contributed by atoms with Gasteiger partial charge in [-0.2, -0.15) is 5.26 Å². The lowest BCUT2D eigenvalue weighted by atomic mass is 9.83. The molecule has 0 amide bonds. The number of nitro groups is 1. The van der Waals surface area contributed by atoms with Gasteiger partial charge < -0.3 is 15.2 Å². The molecule has 1 aliphatic heterocycles. The number of rotatable bonds is 6. The van der Waals surface area contributed by atoms with Crippen LogP contribution in [0.25, 0.3) is 11.3 Å². The Labute approximate surface area is 177 Å². The lowest BCUT2D eigenvalue weighted by molar-refractivity contribution is -0.384. The lowest BCUT2D eigenvalue weighted by Gasteiger charge is -2.24. The number of aromatic nitrogens is 2. The predicted octanol–water partition coefficient (Wildman–Crippen LogP) is 3.99. The molecule has 1 aromatic heterocycles. The number of fused-ring (bicyclic) bond motifs is 1. The Morgan fingerprint density at radius 1 is 1.32 bits per heavy atom. The summed E-state index contributed by atoms with van der Waals surface area (Å²) in [5.41, 5.74) is 8.65. The number of aromatic amines is 1. The molecule has 0 saturated carbocycles. The highest BCUT2D eigenvalue weighted by Gasteiger charge is 2.35. The normalized spacial score (nSPS) is 15.0. The minimum absolute atomic E-state index is 0.0246. The van der Waals surface area contributed by atoms with Gasteiger partial charge in [-0.15, -0.1) is 5.10 Å². The molecule has 1 aliphatic rings. The molecule has 4 rings (SSSR count). The summed E-state index contributed by atoms with van der Waals surface area (Å²) in [4.78, 5) is 10.8. The van der Waals surface area contributed by atoms with Crippen LogP contribution in [-0.2, 0) is 0 Å². The van der Waals surface area contributed by atoms with E-state index in [0.29, 0.717) is 23.4 Å². The standard InChI is InChI=1S/C22H19N5O4/c1-2-10-30-16-8-6-13(7-9-16)18-17(12-23)21(24)31-22-19(18)20(25-26-22)14-4-3-5-15(11-14)27(28)29/h3-9,11,18H,2,10,24H2,1H3,(H,25,26)/t18-/m1/s1. The molecule has 0 spiro atoms. The average Bonchev–Trinajstić information content (AvgIpc) is 3.20. The van der Waals surface area contributed by atoms with Crippen LogP contribution >= 0.6 is 0 Å². The van der Waals surface area contributed by atoms with E-state index < -0.39 is 10.8 Å². The monoisotopic (exact) mass is 417 g/mol. The van der Waals surface area contributed by atoms with E-state index in [2.05, 4.69) is 16.3 Å². The van der Waals surface area contributed by atoms with Crippen LogP contribution in [-0.4, -0.2) is 21.7 Å². The number of hydrogen-bond acceptors (Lipinski definition) is 7. The number of non-ortho nitro benzene ring substituents is 1. The quantitative estimate of drug-likeness (QED) is 0.456. The Bertz CT molecular complexity index is 1210. The maximum atomic E-state index is 11.2. The number of hydrogen-bond donors (Lipinski definition) is 2. The van der Waals surface area contributed by atoms with Crippen molar-refractivity contribution in [2.24, 2.45) is 5.73 Å². The Kier molecular flexibility index (Phi) is 5.28. The fourth-order valence-electron chi connectivity index (χ4n) is 3.55. The van der Waals surface area contributed by atoms with E-state index >= 15 is 0 Å². The SMILES string of the molecule is CCCOc1ccc([C@@H]2C(C#N)=C(N)Oc3n[nH]c(-c4cccc([N+](=O)[O-])c4)c32)cc1.